The number of nitrogens with zero attached hydrogens (tertiary/aromatic N) is 1. The zero-order chi connectivity index (χ0) is 14.5. The molecule has 1 saturated carbocycles. The molecule has 0 bridgehead atoms. The van der Waals surface area contributed by atoms with Crippen LogP contribution in [-0.4, -0.2) is 37.4 Å². The first-order valence-corrected chi connectivity index (χ1v) is 8.02. The fourth-order valence-corrected chi connectivity index (χ4v) is 2.89. The monoisotopic (exact) mass is 339 g/mol. The topological polar surface area (TPSA) is 29.5 Å². The molecule has 0 heterocycles. The molecule has 1 aliphatic carbocycles. The summed E-state index contributed by atoms with van der Waals surface area (Å²) in [5.74, 6) is 1.75. The van der Waals surface area contributed by atoms with Crippen LogP contribution in [0.2, 0.25) is 0 Å². The Morgan fingerprint density at radius 3 is 2.75 bits per heavy atom. The lowest BCUT2D eigenvalue weighted by Gasteiger charge is -2.20. The predicted octanol–water partition coefficient (Wildman–Crippen LogP) is 3.76. The van der Waals surface area contributed by atoms with Crippen molar-refractivity contribution in [2.24, 2.45) is 5.92 Å². The van der Waals surface area contributed by atoms with Crippen LogP contribution in [0, 0.1) is 5.92 Å². The average molecular weight is 340 g/mol. The Morgan fingerprint density at radius 2 is 2.20 bits per heavy atom. The molecule has 0 aliphatic heterocycles. The van der Waals surface area contributed by atoms with Crippen LogP contribution in [0.15, 0.2) is 22.7 Å². The average Bonchev–Trinajstić information content (AvgIpc) is 3.22. The zero-order valence-electron chi connectivity index (χ0n) is 12.2. The van der Waals surface area contributed by atoms with Gasteiger partial charge in [-0.2, -0.15) is 0 Å². The van der Waals surface area contributed by atoms with Gasteiger partial charge in [-0.15, -0.1) is 0 Å². The number of rotatable bonds is 8. The van der Waals surface area contributed by atoms with Crippen LogP contribution in [0.4, 0.5) is 0 Å². The number of hydrogen-bond donors (Lipinski definition) is 0. The Morgan fingerprint density at radius 1 is 1.45 bits per heavy atom. The predicted molar refractivity (Wildman–Crippen MR) is 84.5 cm³/mol. The summed E-state index contributed by atoms with van der Waals surface area (Å²) in [6, 6.07) is 5.53. The minimum absolute atomic E-state index is 0.183. The number of carbonyl (C=O) groups excluding carboxylic acids is 1. The molecule has 1 fully saturated rings. The summed E-state index contributed by atoms with van der Waals surface area (Å²) < 4.78 is 6.02. The van der Waals surface area contributed by atoms with Gasteiger partial charge in [-0.05, 0) is 65.9 Å². The molecular formula is C16H22BrNO2. The van der Waals surface area contributed by atoms with E-state index in [4.69, 9.17) is 4.74 Å². The number of ether oxygens (including phenoxy) is 1. The molecule has 0 saturated heterocycles. The van der Waals surface area contributed by atoms with Crippen LogP contribution in [0.5, 0.6) is 5.75 Å². The van der Waals surface area contributed by atoms with Crippen LogP contribution in [-0.2, 0) is 0 Å². The molecule has 110 valence electrons. The smallest absolute Gasteiger partial charge is 0.176 e. The third kappa shape index (κ3) is 4.32. The molecule has 3 nitrogen and oxygen atoms in total. The summed E-state index contributed by atoms with van der Waals surface area (Å²) >= 11 is 3.43. The summed E-state index contributed by atoms with van der Waals surface area (Å²) in [6.07, 6.45) is 3.73. The third-order valence-corrected chi connectivity index (χ3v) is 4.21. The molecular weight excluding hydrogens is 318 g/mol. The van der Waals surface area contributed by atoms with Gasteiger partial charge in [0.2, 0.25) is 0 Å². The Bertz CT molecular complexity index is 472. The Labute approximate surface area is 129 Å². The van der Waals surface area contributed by atoms with Gasteiger partial charge in [0.1, 0.15) is 5.75 Å². The number of methoxy groups -OCH3 is 1. The number of Topliss-reactive ketones (excluding diaryl/α,β-unsaturated/α-hetero) is 1. The second-order valence-electron chi connectivity index (χ2n) is 5.45. The highest BCUT2D eigenvalue weighted by Crippen LogP contribution is 2.30. The zero-order valence-corrected chi connectivity index (χ0v) is 13.8. The van der Waals surface area contributed by atoms with Crippen LogP contribution < -0.4 is 4.74 Å². The van der Waals surface area contributed by atoms with E-state index in [2.05, 4.69) is 27.8 Å². The molecule has 2 rings (SSSR count). The quantitative estimate of drug-likeness (QED) is 0.675. The molecule has 4 heteroatoms. The van der Waals surface area contributed by atoms with Crippen LogP contribution in [0.3, 0.4) is 0 Å². The minimum Gasteiger partial charge on any atom is -0.496 e. The Kier molecular flexibility index (Phi) is 5.61. The molecule has 1 aliphatic rings. The van der Waals surface area contributed by atoms with E-state index in [1.165, 1.54) is 12.8 Å². The van der Waals surface area contributed by atoms with Crippen molar-refractivity contribution in [3.8, 4) is 5.75 Å². The van der Waals surface area contributed by atoms with Crippen molar-refractivity contribution in [2.75, 3.05) is 26.7 Å². The summed E-state index contributed by atoms with van der Waals surface area (Å²) in [5.41, 5.74) is 0.745. The second kappa shape index (κ2) is 7.23. The van der Waals surface area contributed by atoms with E-state index in [1.54, 1.807) is 7.11 Å². The van der Waals surface area contributed by atoms with Gasteiger partial charge >= 0.3 is 0 Å². The fraction of sp³-hybridized carbons (Fsp3) is 0.562. The molecule has 0 amide bonds. The molecule has 0 N–H and O–H groups in total. The molecule has 0 unspecified atom stereocenters. The van der Waals surface area contributed by atoms with Crippen LogP contribution in [0.1, 0.15) is 36.5 Å². The lowest BCUT2D eigenvalue weighted by molar-refractivity contribution is 0.0927. The maximum absolute atomic E-state index is 12.4. The van der Waals surface area contributed by atoms with Gasteiger partial charge in [-0.1, -0.05) is 6.92 Å². The maximum Gasteiger partial charge on any atom is 0.176 e. The first-order valence-electron chi connectivity index (χ1n) is 7.23. The number of benzene rings is 1. The van der Waals surface area contributed by atoms with Crippen molar-refractivity contribution >= 4 is 21.7 Å². The summed E-state index contributed by atoms with van der Waals surface area (Å²) in [5, 5.41) is 0. The van der Waals surface area contributed by atoms with E-state index in [1.807, 2.05) is 18.2 Å². The van der Waals surface area contributed by atoms with Crippen LogP contribution in [0.25, 0.3) is 0 Å². The standard InChI is InChI=1S/C16H22BrNO2/c1-3-8-18(10-12-4-5-12)11-15(19)13-6-7-16(20-2)14(17)9-13/h6-7,9,12H,3-5,8,10-11H2,1-2H3. The first kappa shape index (κ1) is 15.5. The molecule has 0 spiro atoms. The number of carbonyl (C=O) groups is 1. The molecule has 1 aromatic rings. The van der Waals surface area contributed by atoms with Crippen molar-refractivity contribution in [1.29, 1.82) is 0 Å². The van der Waals surface area contributed by atoms with Gasteiger partial charge in [0, 0.05) is 12.1 Å². The van der Waals surface area contributed by atoms with Crippen molar-refractivity contribution in [1.82, 2.24) is 4.90 Å². The van der Waals surface area contributed by atoms with Crippen molar-refractivity contribution < 1.29 is 9.53 Å². The maximum atomic E-state index is 12.4. The molecule has 1 aromatic carbocycles. The highest BCUT2D eigenvalue weighted by atomic mass is 79.9. The minimum atomic E-state index is 0.183. The van der Waals surface area contributed by atoms with Gasteiger partial charge in [0.25, 0.3) is 0 Å². The highest BCUT2D eigenvalue weighted by Gasteiger charge is 2.25. The van der Waals surface area contributed by atoms with Gasteiger partial charge in [-0.25, -0.2) is 0 Å². The first-order chi connectivity index (χ1) is 9.63. The second-order valence-corrected chi connectivity index (χ2v) is 6.31. The lowest BCUT2D eigenvalue weighted by atomic mass is 10.1. The normalized spacial score (nSPS) is 14.6. The number of halogens is 1. The molecule has 0 atom stereocenters. The largest absolute Gasteiger partial charge is 0.496 e. The molecule has 20 heavy (non-hydrogen) atoms. The van der Waals surface area contributed by atoms with E-state index < -0.39 is 0 Å². The number of ketones is 1. The van der Waals surface area contributed by atoms with Crippen molar-refractivity contribution in [3.05, 3.63) is 28.2 Å². The van der Waals surface area contributed by atoms with E-state index in [9.17, 15) is 4.79 Å². The van der Waals surface area contributed by atoms with Gasteiger partial charge < -0.3 is 4.74 Å². The van der Waals surface area contributed by atoms with E-state index in [0.29, 0.717) is 6.54 Å². The van der Waals surface area contributed by atoms with Gasteiger partial charge in [0.15, 0.2) is 5.78 Å². The van der Waals surface area contributed by atoms with E-state index >= 15 is 0 Å². The van der Waals surface area contributed by atoms with E-state index in [0.717, 1.165) is 41.2 Å². The summed E-state index contributed by atoms with van der Waals surface area (Å²) in [6.45, 7) is 4.74. The Hall–Kier alpha value is -0.870. The highest BCUT2D eigenvalue weighted by molar-refractivity contribution is 9.10. The SMILES string of the molecule is CCCN(CC(=O)c1ccc(OC)c(Br)c1)CC1CC1. The van der Waals surface area contributed by atoms with Crippen LogP contribution >= 0.6 is 15.9 Å². The summed E-state index contributed by atoms with van der Waals surface area (Å²) in [4.78, 5) is 14.7. The fourth-order valence-electron chi connectivity index (χ4n) is 2.35. The summed E-state index contributed by atoms with van der Waals surface area (Å²) in [7, 11) is 1.63. The third-order valence-electron chi connectivity index (χ3n) is 3.59. The number of hydrogen-bond acceptors (Lipinski definition) is 3. The van der Waals surface area contributed by atoms with Gasteiger partial charge in [0.05, 0.1) is 18.1 Å². The van der Waals surface area contributed by atoms with E-state index in [-0.39, 0.29) is 5.78 Å². The van der Waals surface area contributed by atoms with Gasteiger partial charge in [-0.3, -0.25) is 9.69 Å². The Balaban J connectivity index is 1.99. The molecule has 0 radical (unpaired) electrons. The molecule has 0 aromatic heterocycles. The van der Waals surface area contributed by atoms with Crippen molar-refractivity contribution in [2.45, 2.75) is 26.2 Å². The lowest BCUT2D eigenvalue weighted by Crippen LogP contribution is -2.32. The van der Waals surface area contributed by atoms with Crippen molar-refractivity contribution in [3.63, 3.8) is 0 Å².